The second-order valence-electron chi connectivity index (χ2n) is 4.30. The number of aliphatic hydroxyl groups excluding tert-OH is 1. The molecule has 0 atom stereocenters. The van der Waals surface area contributed by atoms with Gasteiger partial charge in [-0.3, -0.25) is 14.5 Å². The quantitative estimate of drug-likeness (QED) is 0.736. The van der Waals surface area contributed by atoms with Gasteiger partial charge in [0.15, 0.2) is 0 Å². The first-order chi connectivity index (χ1) is 10.1. The van der Waals surface area contributed by atoms with Crippen LogP contribution in [-0.2, 0) is 9.59 Å². The number of methoxy groups -OCH3 is 2. The summed E-state index contributed by atoms with van der Waals surface area (Å²) < 4.78 is 10.3. The molecule has 2 amide bonds. The Hall–Kier alpha value is -2.54. The Morgan fingerprint density at radius 1 is 1.14 bits per heavy atom. The number of carbonyl (C=O) groups is 2. The van der Waals surface area contributed by atoms with E-state index in [0.29, 0.717) is 17.2 Å². The van der Waals surface area contributed by atoms with Crippen molar-refractivity contribution in [1.82, 2.24) is 4.90 Å². The van der Waals surface area contributed by atoms with Crippen molar-refractivity contribution >= 4 is 17.5 Å². The minimum atomic E-state index is -0.476. The monoisotopic (exact) mass is 292 g/mol. The van der Waals surface area contributed by atoms with Gasteiger partial charge in [-0.1, -0.05) is 0 Å². The Kier molecular flexibility index (Phi) is 4.44. The van der Waals surface area contributed by atoms with Gasteiger partial charge >= 0.3 is 0 Å². The number of benzene rings is 1. The van der Waals surface area contributed by atoms with Crippen molar-refractivity contribution in [1.29, 1.82) is 0 Å². The van der Waals surface area contributed by atoms with Crippen molar-refractivity contribution in [3.8, 4) is 11.5 Å². The lowest BCUT2D eigenvalue weighted by Gasteiger charge is -2.14. The van der Waals surface area contributed by atoms with Crippen molar-refractivity contribution < 1.29 is 24.2 Å². The molecule has 0 bridgehead atoms. The van der Waals surface area contributed by atoms with Crippen LogP contribution in [0.4, 0.5) is 5.69 Å². The fraction of sp³-hybridized carbons (Fsp3) is 0.286. The molecule has 1 heterocycles. The molecule has 7 nitrogen and oxygen atoms in total. The second kappa shape index (κ2) is 6.27. The highest BCUT2D eigenvalue weighted by atomic mass is 16.5. The molecule has 0 unspecified atom stereocenters. The maximum Gasteiger partial charge on any atom is 0.277 e. The van der Waals surface area contributed by atoms with Crippen LogP contribution in [0.5, 0.6) is 11.5 Å². The Labute approximate surface area is 121 Å². The minimum Gasteiger partial charge on any atom is -0.497 e. The zero-order valence-corrected chi connectivity index (χ0v) is 11.8. The molecule has 0 saturated heterocycles. The number of nitrogens with one attached hydrogen (secondary N) is 1. The predicted molar refractivity (Wildman–Crippen MR) is 75.1 cm³/mol. The summed E-state index contributed by atoms with van der Waals surface area (Å²) in [6.45, 7) is -0.299. The third-order valence-electron chi connectivity index (χ3n) is 2.96. The number of hydrogen-bond acceptors (Lipinski definition) is 6. The highest BCUT2D eigenvalue weighted by molar-refractivity contribution is 6.17. The number of nitrogens with zero attached hydrogens (tertiary/aromatic N) is 1. The number of β-amino-alcohol motifs (C(OH)–C–C–N with tert-alkyl or cyclic N) is 1. The van der Waals surface area contributed by atoms with Gasteiger partial charge in [0.2, 0.25) is 0 Å². The molecule has 1 aromatic carbocycles. The fourth-order valence-electron chi connectivity index (χ4n) is 1.95. The molecule has 1 aliphatic heterocycles. The Morgan fingerprint density at radius 2 is 1.76 bits per heavy atom. The number of carbonyl (C=O) groups excluding carboxylic acids is 2. The van der Waals surface area contributed by atoms with Crippen molar-refractivity contribution in [3.63, 3.8) is 0 Å². The lowest BCUT2D eigenvalue weighted by atomic mass is 10.2. The second-order valence-corrected chi connectivity index (χ2v) is 4.30. The summed E-state index contributed by atoms with van der Waals surface area (Å²) in [6.07, 6.45) is 1.20. The number of aliphatic hydroxyl groups is 1. The van der Waals surface area contributed by atoms with Crippen molar-refractivity contribution in [2.24, 2.45) is 0 Å². The van der Waals surface area contributed by atoms with Crippen LogP contribution >= 0.6 is 0 Å². The summed E-state index contributed by atoms with van der Waals surface area (Å²) in [4.78, 5) is 24.6. The molecule has 0 saturated carbocycles. The van der Waals surface area contributed by atoms with Crippen LogP contribution in [0.3, 0.4) is 0 Å². The summed E-state index contributed by atoms with van der Waals surface area (Å²) in [5, 5.41) is 11.7. The highest BCUT2D eigenvalue weighted by Gasteiger charge is 2.30. The SMILES string of the molecule is COc1cc(NC2=CC(=O)N(CCO)C2=O)cc(OC)c1. The predicted octanol–water partition coefficient (Wildman–Crippen LogP) is 0.361. The molecule has 0 aliphatic carbocycles. The summed E-state index contributed by atoms with van der Waals surface area (Å²) in [5.41, 5.74) is 0.702. The van der Waals surface area contributed by atoms with Crippen molar-refractivity contribution in [2.45, 2.75) is 0 Å². The van der Waals surface area contributed by atoms with E-state index in [9.17, 15) is 9.59 Å². The number of amides is 2. The number of imide groups is 1. The molecule has 2 rings (SSSR count). The smallest absolute Gasteiger partial charge is 0.277 e. The zero-order valence-electron chi connectivity index (χ0n) is 11.8. The molecular formula is C14H16N2O5. The van der Waals surface area contributed by atoms with Gasteiger partial charge in [-0.05, 0) is 0 Å². The maximum absolute atomic E-state index is 12.0. The molecule has 2 N–H and O–H groups in total. The first-order valence-corrected chi connectivity index (χ1v) is 6.27. The van der Waals surface area contributed by atoms with Gasteiger partial charge in [-0.15, -0.1) is 0 Å². The fourth-order valence-corrected chi connectivity index (χ4v) is 1.95. The molecule has 0 radical (unpaired) electrons. The van der Waals surface area contributed by atoms with Crippen LogP contribution < -0.4 is 14.8 Å². The van der Waals surface area contributed by atoms with Crippen molar-refractivity contribution in [2.75, 3.05) is 32.7 Å². The topological polar surface area (TPSA) is 88.1 Å². The van der Waals surface area contributed by atoms with Gasteiger partial charge in [0.1, 0.15) is 17.2 Å². The average molecular weight is 292 g/mol. The van der Waals surface area contributed by atoms with Crippen LogP contribution in [0.25, 0.3) is 0 Å². The van der Waals surface area contributed by atoms with Crippen molar-refractivity contribution in [3.05, 3.63) is 30.0 Å². The van der Waals surface area contributed by atoms with Gasteiger partial charge in [0.25, 0.3) is 11.8 Å². The van der Waals surface area contributed by atoms with E-state index in [-0.39, 0.29) is 18.8 Å². The molecule has 0 spiro atoms. The zero-order chi connectivity index (χ0) is 15.4. The van der Waals surface area contributed by atoms with E-state index >= 15 is 0 Å². The summed E-state index contributed by atoms with van der Waals surface area (Å²) in [7, 11) is 3.04. The van der Waals surface area contributed by atoms with Gasteiger partial charge < -0.3 is 19.9 Å². The minimum absolute atomic E-state index is 0.0270. The lowest BCUT2D eigenvalue weighted by molar-refractivity contribution is -0.137. The number of anilines is 1. The third kappa shape index (κ3) is 3.14. The van der Waals surface area contributed by atoms with Crippen LogP contribution in [0.15, 0.2) is 30.0 Å². The van der Waals surface area contributed by atoms with E-state index in [1.165, 1.54) is 20.3 Å². The average Bonchev–Trinajstić information content (AvgIpc) is 2.74. The Balaban J connectivity index is 2.21. The molecule has 1 aliphatic rings. The van der Waals surface area contributed by atoms with E-state index in [4.69, 9.17) is 14.6 Å². The maximum atomic E-state index is 12.0. The highest BCUT2D eigenvalue weighted by Crippen LogP contribution is 2.27. The normalized spacial score (nSPS) is 14.2. The van der Waals surface area contributed by atoms with E-state index in [2.05, 4.69) is 5.32 Å². The molecule has 21 heavy (non-hydrogen) atoms. The summed E-state index contributed by atoms with van der Waals surface area (Å²) in [6, 6.07) is 5.05. The van der Waals surface area contributed by atoms with E-state index in [0.717, 1.165) is 4.90 Å². The molecule has 0 aromatic heterocycles. The molecule has 1 aromatic rings. The van der Waals surface area contributed by atoms with Crippen LogP contribution in [-0.4, -0.2) is 49.2 Å². The van der Waals surface area contributed by atoms with Gasteiger partial charge in [0.05, 0.1) is 27.4 Å². The third-order valence-corrected chi connectivity index (χ3v) is 2.96. The summed E-state index contributed by atoms with van der Waals surface area (Å²) >= 11 is 0. The number of hydrogen-bond donors (Lipinski definition) is 2. The van der Waals surface area contributed by atoms with Crippen LogP contribution in [0.1, 0.15) is 0 Å². The standard InChI is InChI=1S/C14H16N2O5/c1-20-10-5-9(6-11(7-10)21-2)15-12-8-13(18)16(3-4-17)14(12)19/h5-8,15,17H,3-4H2,1-2H3. The molecule has 7 heteroatoms. The first-order valence-electron chi connectivity index (χ1n) is 6.27. The molecule has 112 valence electrons. The largest absolute Gasteiger partial charge is 0.497 e. The van der Waals surface area contributed by atoms with Gasteiger partial charge in [0, 0.05) is 30.0 Å². The Morgan fingerprint density at radius 3 is 2.29 bits per heavy atom. The number of ether oxygens (including phenoxy) is 2. The molecular weight excluding hydrogens is 276 g/mol. The molecule has 0 fully saturated rings. The van der Waals surface area contributed by atoms with E-state index in [1.54, 1.807) is 18.2 Å². The lowest BCUT2D eigenvalue weighted by Crippen LogP contribution is -2.34. The Bertz CT molecular complexity index is 575. The number of rotatable bonds is 6. The van der Waals surface area contributed by atoms with Gasteiger partial charge in [-0.2, -0.15) is 0 Å². The van der Waals surface area contributed by atoms with E-state index < -0.39 is 11.8 Å². The van der Waals surface area contributed by atoms with Crippen LogP contribution in [0, 0.1) is 0 Å². The summed E-state index contributed by atoms with van der Waals surface area (Å²) in [5.74, 6) is 0.185. The van der Waals surface area contributed by atoms with Gasteiger partial charge in [-0.25, -0.2) is 0 Å². The van der Waals surface area contributed by atoms with Crippen LogP contribution in [0.2, 0.25) is 0 Å². The van der Waals surface area contributed by atoms with E-state index in [1.807, 2.05) is 0 Å². The first kappa shape index (κ1) is 14.9.